The number of ether oxygens (including phenoxy) is 3. The number of imide groups is 1. The van der Waals surface area contributed by atoms with Crippen molar-refractivity contribution in [3.63, 3.8) is 0 Å². The molecule has 0 aliphatic rings. The minimum atomic E-state index is -0.872. The maximum absolute atomic E-state index is 11.8. The first-order valence-corrected chi connectivity index (χ1v) is 7.93. The van der Waals surface area contributed by atoms with Gasteiger partial charge in [-0.05, 0) is 37.6 Å². The lowest BCUT2D eigenvalue weighted by molar-refractivity contribution is -0.123. The Morgan fingerprint density at radius 1 is 1.00 bits per heavy atom. The van der Waals surface area contributed by atoms with Crippen LogP contribution in [0.1, 0.15) is 43.5 Å². The zero-order valence-electron chi connectivity index (χ0n) is 14.0. The van der Waals surface area contributed by atoms with E-state index in [0.717, 1.165) is 19.3 Å². The van der Waals surface area contributed by atoms with Gasteiger partial charge in [0, 0.05) is 0 Å². The van der Waals surface area contributed by atoms with Gasteiger partial charge >= 0.3 is 12.1 Å². The lowest BCUT2D eigenvalue weighted by atomic mass is 10.2. The highest BCUT2D eigenvalue weighted by molar-refractivity contribution is 5.95. The first-order chi connectivity index (χ1) is 11.6. The smallest absolute Gasteiger partial charge is 0.413 e. The van der Waals surface area contributed by atoms with Gasteiger partial charge in [0.25, 0.3) is 5.91 Å². The fourth-order valence-electron chi connectivity index (χ4n) is 1.76. The summed E-state index contributed by atoms with van der Waals surface area (Å²) in [7, 11) is 0. The number of alkyl carbamates (subject to hydrolysis) is 1. The van der Waals surface area contributed by atoms with E-state index >= 15 is 0 Å². The number of carbonyl (C=O) groups excluding carboxylic acids is 3. The van der Waals surface area contributed by atoms with Crippen LogP contribution in [0.4, 0.5) is 4.79 Å². The van der Waals surface area contributed by atoms with Crippen LogP contribution in [-0.4, -0.2) is 37.8 Å². The molecule has 0 aromatic heterocycles. The molecule has 2 amide bonds. The van der Waals surface area contributed by atoms with Gasteiger partial charge in [0.05, 0.1) is 18.8 Å². The van der Waals surface area contributed by atoms with Crippen molar-refractivity contribution in [3.8, 4) is 5.75 Å². The van der Waals surface area contributed by atoms with Crippen molar-refractivity contribution in [1.82, 2.24) is 5.32 Å². The molecule has 0 spiro atoms. The van der Waals surface area contributed by atoms with E-state index in [9.17, 15) is 14.4 Å². The van der Waals surface area contributed by atoms with E-state index in [-0.39, 0.29) is 6.61 Å². The standard InChI is InChI=1S/C17H23NO6/c1-3-5-6-11-23-14-9-7-13(8-10-14)16(20)24-12-15(19)18-17(21)22-4-2/h7-10H,3-6,11-12H2,1-2H3,(H,18,19,21). The summed E-state index contributed by atoms with van der Waals surface area (Å²) in [5.41, 5.74) is 0.292. The molecule has 0 bridgehead atoms. The van der Waals surface area contributed by atoms with E-state index in [0.29, 0.717) is 17.9 Å². The molecule has 1 rings (SSSR count). The minimum Gasteiger partial charge on any atom is -0.494 e. The predicted octanol–water partition coefficient (Wildman–Crippen LogP) is 2.69. The summed E-state index contributed by atoms with van der Waals surface area (Å²) in [6.07, 6.45) is 2.34. The Bertz CT molecular complexity index is 541. The summed E-state index contributed by atoms with van der Waals surface area (Å²) in [6.45, 7) is 3.94. The normalized spacial score (nSPS) is 9.92. The van der Waals surface area contributed by atoms with Crippen LogP contribution in [0.3, 0.4) is 0 Å². The molecule has 7 heteroatoms. The highest BCUT2D eigenvalue weighted by Crippen LogP contribution is 2.13. The van der Waals surface area contributed by atoms with Gasteiger partial charge in [-0.2, -0.15) is 0 Å². The van der Waals surface area contributed by atoms with Crippen LogP contribution < -0.4 is 10.1 Å². The number of unbranched alkanes of at least 4 members (excludes halogenated alkanes) is 2. The molecule has 0 aliphatic heterocycles. The molecule has 1 N–H and O–H groups in total. The second-order valence-electron chi connectivity index (χ2n) is 4.92. The van der Waals surface area contributed by atoms with Gasteiger partial charge in [0.1, 0.15) is 5.75 Å². The van der Waals surface area contributed by atoms with Gasteiger partial charge in [-0.1, -0.05) is 19.8 Å². The molecule has 1 aromatic carbocycles. The van der Waals surface area contributed by atoms with E-state index in [1.54, 1.807) is 31.2 Å². The zero-order valence-corrected chi connectivity index (χ0v) is 14.0. The van der Waals surface area contributed by atoms with Gasteiger partial charge in [-0.25, -0.2) is 9.59 Å². The average Bonchev–Trinajstić information content (AvgIpc) is 2.57. The van der Waals surface area contributed by atoms with Crippen molar-refractivity contribution in [2.75, 3.05) is 19.8 Å². The summed E-state index contributed by atoms with van der Waals surface area (Å²) in [5.74, 6) is -0.744. The van der Waals surface area contributed by atoms with Crippen LogP contribution >= 0.6 is 0 Å². The third kappa shape index (κ3) is 7.62. The maximum Gasteiger partial charge on any atom is 0.413 e. The van der Waals surface area contributed by atoms with Gasteiger partial charge in [-0.3, -0.25) is 10.1 Å². The quantitative estimate of drug-likeness (QED) is 0.550. The van der Waals surface area contributed by atoms with Crippen LogP contribution in [-0.2, 0) is 14.3 Å². The van der Waals surface area contributed by atoms with E-state index < -0.39 is 24.6 Å². The van der Waals surface area contributed by atoms with E-state index in [4.69, 9.17) is 9.47 Å². The first kappa shape index (κ1) is 19.5. The molecule has 0 aliphatic carbocycles. The second kappa shape index (κ2) is 11.0. The van der Waals surface area contributed by atoms with Crippen molar-refractivity contribution in [1.29, 1.82) is 0 Å². The fraction of sp³-hybridized carbons (Fsp3) is 0.471. The number of hydrogen-bond acceptors (Lipinski definition) is 6. The number of carbonyl (C=O) groups is 3. The van der Waals surface area contributed by atoms with Crippen molar-refractivity contribution < 1.29 is 28.6 Å². The Morgan fingerprint density at radius 3 is 2.33 bits per heavy atom. The number of benzene rings is 1. The van der Waals surface area contributed by atoms with Crippen LogP contribution in [0.25, 0.3) is 0 Å². The molecule has 0 fully saturated rings. The molecule has 7 nitrogen and oxygen atoms in total. The summed E-state index contributed by atoms with van der Waals surface area (Å²) >= 11 is 0. The third-order valence-electron chi connectivity index (χ3n) is 2.96. The average molecular weight is 337 g/mol. The molecular formula is C17H23NO6. The van der Waals surface area contributed by atoms with Crippen LogP contribution in [0.2, 0.25) is 0 Å². The minimum absolute atomic E-state index is 0.145. The third-order valence-corrected chi connectivity index (χ3v) is 2.96. The summed E-state index contributed by atoms with van der Waals surface area (Å²) in [5, 5.41) is 1.93. The predicted molar refractivity (Wildman–Crippen MR) is 86.9 cm³/mol. The van der Waals surface area contributed by atoms with Crippen molar-refractivity contribution >= 4 is 18.0 Å². The van der Waals surface area contributed by atoms with Crippen molar-refractivity contribution in [3.05, 3.63) is 29.8 Å². The van der Waals surface area contributed by atoms with Crippen LogP contribution in [0.15, 0.2) is 24.3 Å². The van der Waals surface area contributed by atoms with Gasteiger partial charge in [-0.15, -0.1) is 0 Å². The molecule has 1 aromatic rings. The van der Waals surface area contributed by atoms with Crippen LogP contribution in [0, 0.1) is 0 Å². The Hall–Kier alpha value is -2.57. The molecule has 0 saturated heterocycles. The number of esters is 1. The van der Waals surface area contributed by atoms with E-state index in [1.165, 1.54) is 0 Å². The van der Waals surface area contributed by atoms with E-state index in [1.807, 2.05) is 5.32 Å². The molecule has 132 valence electrons. The molecular weight excluding hydrogens is 314 g/mol. The monoisotopic (exact) mass is 337 g/mol. The summed E-state index contributed by atoms with van der Waals surface area (Å²) in [4.78, 5) is 34.2. The molecule has 0 radical (unpaired) electrons. The lowest BCUT2D eigenvalue weighted by Crippen LogP contribution is -2.34. The first-order valence-electron chi connectivity index (χ1n) is 7.93. The van der Waals surface area contributed by atoms with Crippen molar-refractivity contribution in [2.45, 2.75) is 33.1 Å². The van der Waals surface area contributed by atoms with Crippen LogP contribution in [0.5, 0.6) is 5.75 Å². The Balaban J connectivity index is 2.37. The Kier molecular flexibility index (Phi) is 8.96. The molecule has 0 heterocycles. The zero-order chi connectivity index (χ0) is 17.8. The molecule has 0 atom stereocenters. The number of amides is 2. The molecule has 24 heavy (non-hydrogen) atoms. The van der Waals surface area contributed by atoms with Gasteiger partial charge < -0.3 is 14.2 Å². The number of rotatable bonds is 9. The molecule has 0 unspecified atom stereocenters. The highest BCUT2D eigenvalue weighted by atomic mass is 16.6. The number of hydrogen-bond donors (Lipinski definition) is 1. The maximum atomic E-state index is 11.8. The topological polar surface area (TPSA) is 90.9 Å². The van der Waals surface area contributed by atoms with Gasteiger partial charge in [0.2, 0.25) is 0 Å². The summed E-state index contributed by atoms with van der Waals surface area (Å²) in [6, 6.07) is 6.45. The SMILES string of the molecule is CCCCCOc1ccc(C(=O)OCC(=O)NC(=O)OCC)cc1. The number of nitrogens with one attached hydrogen (secondary N) is 1. The van der Waals surface area contributed by atoms with E-state index in [2.05, 4.69) is 11.7 Å². The highest BCUT2D eigenvalue weighted by Gasteiger charge is 2.13. The Labute approximate surface area is 141 Å². The lowest BCUT2D eigenvalue weighted by Gasteiger charge is -2.07. The van der Waals surface area contributed by atoms with Crippen molar-refractivity contribution in [2.24, 2.45) is 0 Å². The fourth-order valence-corrected chi connectivity index (χ4v) is 1.76. The largest absolute Gasteiger partial charge is 0.494 e. The molecule has 0 saturated carbocycles. The van der Waals surface area contributed by atoms with Gasteiger partial charge in [0.15, 0.2) is 6.61 Å². The summed E-state index contributed by atoms with van der Waals surface area (Å²) < 4.78 is 14.9. The second-order valence-corrected chi connectivity index (χ2v) is 4.92. The Morgan fingerprint density at radius 2 is 1.71 bits per heavy atom.